The number of ether oxygens (including phenoxy) is 2. The largest absolute Gasteiger partial charge is 0.465 e. The van der Waals surface area contributed by atoms with E-state index in [1.54, 1.807) is 0 Å². The topological polar surface area (TPSA) is 35.5 Å². The molecule has 1 aliphatic carbocycles. The maximum atomic E-state index is 12.4. The fourth-order valence-corrected chi connectivity index (χ4v) is 2.71. The summed E-state index contributed by atoms with van der Waals surface area (Å²) < 4.78 is 11.4. The molecular formula is C15H28O3. The Morgan fingerprint density at radius 3 is 2.67 bits per heavy atom. The molecule has 2 unspecified atom stereocenters. The molecule has 0 saturated heterocycles. The van der Waals surface area contributed by atoms with Gasteiger partial charge >= 0.3 is 5.97 Å². The van der Waals surface area contributed by atoms with Crippen LogP contribution in [0.3, 0.4) is 0 Å². The molecule has 1 saturated carbocycles. The highest BCUT2D eigenvalue weighted by atomic mass is 16.5. The average molecular weight is 256 g/mol. The maximum Gasteiger partial charge on any atom is 0.314 e. The van der Waals surface area contributed by atoms with Crippen molar-refractivity contribution in [3.63, 3.8) is 0 Å². The van der Waals surface area contributed by atoms with Crippen LogP contribution < -0.4 is 0 Å². The van der Waals surface area contributed by atoms with Crippen molar-refractivity contribution in [2.24, 2.45) is 11.3 Å². The SMILES string of the molecule is CCCOC1CCCC1(CC)C(=O)OCC(C)C. The lowest BCUT2D eigenvalue weighted by molar-refractivity contribution is -0.166. The van der Waals surface area contributed by atoms with Crippen LogP contribution in [0.2, 0.25) is 0 Å². The molecule has 0 aliphatic heterocycles. The van der Waals surface area contributed by atoms with Gasteiger partial charge in [-0.1, -0.05) is 27.7 Å². The smallest absolute Gasteiger partial charge is 0.314 e. The highest BCUT2D eigenvalue weighted by molar-refractivity contribution is 5.78. The highest BCUT2D eigenvalue weighted by Gasteiger charge is 2.49. The molecule has 0 radical (unpaired) electrons. The lowest BCUT2D eigenvalue weighted by atomic mass is 9.81. The first-order valence-electron chi connectivity index (χ1n) is 7.35. The van der Waals surface area contributed by atoms with Crippen molar-refractivity contribution in [3.05, 3.63) is 0 Å². The van der Waals surface area contributed by atoms with E-state index >= 15 is 0 Å². The predicted molar refractivity (Wildman–Crippen MR) is 72.4 cm³/mol. The number of carbonyl (C=O) groups is 1. The molecule has 3 nitrogen and oxygen atoms in total. The fraction of sp³-hybridized carbons (Fsp3) is 0.933. The Kier molecular flexibility index (Phi) is 6.13. The van der Waals surface area contributed by atoms with E-state index in [4.69, 9.17) is 9.47 Å². The number of hydrogen-bond donors (Lipinski definition) is 0. The lowest BCUT2D eigenvalue weighted by Crippen LogP contribution is -2.41. The minimum absolute atomic E-state index is 0.0442. The molecule has 1 rings (SSSR count). The Labute approximate surface area is 111 Å². The minimum atomic E-state index is -0.385. The minimum Gasteiger partial charge on any atom is -0.465 e. The van der Waals surface area contributed by atoms with Crippen molar-refractivity contribution in [2.75, 3.05) is 13.2 Å². The van der Waals surface area contributed by atoms with Crippen molar-refractivity contribution < 1.29 is 14.3 Å². The Morgan fingerprint density at radius 2 is 2.11 bits per heavy atom. The summed E-state index contributed by atoms with van der Waals surface area (Å²) >= 11 is 0. The first-order chi connectivity index (χ1) is 8.56. The lowest BCUT2D eigenvalue weighted by Gasteiger charge is -2.32. The van der Waals surface area contributed by atoms with Gasteiger partial charge in [-0.15, -0.1) is 0 Å². The van der Waals surface area contributed by atoms with Crippen LogP contribution in [0.25, 0.3) is 0 Å². The van der Waals surface area contributed by atoms with E-state index in [2.05, 4.69) is 27.7 Å². The summed E-state index contributed by atoms with van der Waals surface area (Å²) in [5, 5.41) is 0. The monoisotopic (exact) mass is 256 g/mol. The van der Waals surface area contributed by atoms with Crippen LogP contribution in [0, 0.1) is 11.3 Å². The molecule has 0 spiro atoms. The van der Waals surface area contributed by atoms with Gasteiger partial charge in [-0.25, -0.2) is 0 Å². The molecule has 2 atom stereocenters. The summed E-state index contributed by atoms with van der Waals surface area (Å²) in [6.07, 6.45) is 4.84. The number of hydrogen-bond acceptors (Lipinski definition) is 3. The second kappa shape index (κ2) is 7.13. The molecule has 18 heavy (non-hydrogen) atoms. The van der Waals surface area contributed by atoms with E-state index in [1.165, 1.54) is 0 Å². The van der Waals surface area contributed by atoms with E-state index in [9.17, 15) is 4.79 Å². The third-order valence-corrected chi connectivity index (χ3v) is 3.81. The standard InChI is InChI=1S/C15H28O3/c1-5-10-17-13-8-7-9-15(13,6-2)14(16)18-11-12(3)4/h12-13H,5-11H2,1-4H3. The first-order valence-corrected chi connectivity index (χ1v) is 7.35. The van der Waals surface area contributed by atoms with E-state index < -0.39 is 0 Å². The Balaban J connectivity index is 2.66. The molecule has 0 aromatic rings. The molecular weight excluding hydrogens is 228 g/mol. The molecule has 0 amide bonds. The summed E-state index contributed by atoms with van der Waals surface area (Å²) in [5.41, 5.74) is -0.385. The molecule has 1 aliphatic rings. The van der Waals surface area contributed by atoms with Crippen LogP contribution in [-0.4, -0.2) is 25.3 Å². The quantitative estimate of drug-likeness (QED) is 0.653. The van der Waals surface area contributed by atoms with Gasteiger partial charge in [0.1, 0.15) is 0 Å². The van der Waals surface area contributed by atoms with E-state index in [0.29, 0.717) is 12.5 Å². The fourth-order valence-electron chi connectivity index (χ4n) is 2.71. The summed E-state index contributed by atoms with van der Waals surface area (Å²) in [6, 6.07) is 0. The van der Waals surface area contributed by atoms with Crippen molar-refractivity contribution in [2.45, 2.75) is 65.9 Å². The van der Waals surface area contributed by atoms with Crippen molar-refractivity contribution >= 4 is 5.97 Å². The average Bonchev–Trinajstić information content (AvgIpc) is 2.77. The number of carbonyl (C=O) groups excluding carboxylic acids is 1. The van der Waals surface area contributed by atoms with Gasteiger partial charge in [0, 0.05) is 6.61 Å². The second-order valence-electron chi connectivity index (χ2n) is 5.75. The van der Waals surface area contributed by atoms with E-state index in [-0.39, 0.29) is 17.5 Å². The van der Waals surface area contributed by atoms with Crippen LogP contribution in [0.5, 0.6) is 0 Å². The summed E-state index contributed by atoms with van der Waals surface area (Å²) in [4.78, 5) is 12.4. The molecule has 106 valence electrons. The molecule has 1 fully saturated rings. The van der Waals surface area contributed by atoms with Crippen molar-refractivity contribution in [3.8, 4) is 0 Å². The summed E-state index contributed by atoms with van der Waals surface area (Å²) in [6.45, 7) is 9.55. The Bertz CT molecular complexity index is 262. The van der Waals surface area contributed by atoms with Gasteiger partial charge in [0.05, 0.1) is 18.1 Å². The zero-order chi connectivity index (χ0) is 13.6. The summed E-state index contributed by atoms with van der Waals surface area (Å²) in [5.74, 6) is 0.344. The number of esters is 1. The van der Waals surface area contributed by atoms with Gasteiger partial charge < -0.3 is 9.47 Å². The van der Waals surface area contributed by atoms with Crippen LogP contribution in [-0.2, 0) is 14.3 Å². The normalized spacial score (nSPS) is 27.7. The van der Waals surface area contributed by atoms with E-state index in [1.807, 2.05) is 0 Å². The third kappa shape index (κ3) is 3.47. The predicted octanol–water partition coefficient (Wildman–Crippen LogP) is 3.56. The Hall–Kier alpha value is -0.570. The van der Waals surface area contributed by atoms with Crippen molar-refractivity contribution in [1.82, 2.24) is 0 Å². The summed E-state index contributed by atoms with van der Waals surface area (Å²) in [7, 11) is 0. The van der Waals surface area contributed by atoms with Gasteiger partial charge in [0.15, 0.2) is 0 Å². The highest BCUT2D eigenvalue weighted by Crippen LogP contribution is 2.44. The van der Waals surface area contributed by atoms with Crippen LogP contribution in [0.4, 0.5) is 0 Å². The van der Waals surface area contributed by atoms with Crippen LogP contribution >= 0.6 is 0 Å². The Morgan fingerprint density at radius 1 is 1.39 bits per heavy atom. The second-order valence-corrected chi connectivity index (χ2v) is 5.75. The van der Waals surface area contributed by atoms with Crippen molar-refractivity contribution in [1.29, 1.82) is 0 Å². The van der Waals surface area contributed by atoms with Gasteiger partial charge in [-0.2, -0.15) is 0 Å². The molecule has 0 aromatic carbocycles. The molecule has 3 heteroatoms. The maximum absolute atomic E-state index is 12.4. The van der Waals surface area contributed by atoms with Gasteiger partial charge in [0.2, 0.25) is 0 Å². The van der Waals surface area contributed by atoms with Crippen LogP contribution in [0.1, 0.15) is 59.8 Å². The van der Waals surface area contributed by atoms with Gasteiger partial charge in [-0.05, 0) is 38.0 Å². The van der Waals surface area contributed by atoms with Gasteiger partial charge in [0.25, 0.3) is 0 Å². The zero-order valence-electron chi connectivity index (χ0n) is 12.3. The first kappa shape index (κ1) is 15.5. The van der Waals surface area contributed by atoms with Crippen LogP contribution in [0.15, 0.2) is 0 Å². The molecule has 0 bridgehead atoms. The third-order valence-electron chi connectivity index (χ3n) is 3.81. The van der Waals surface area contributed by atoms with E-state index in [0.717, 1.165) is 38.7 Å². The zero-order valence-corrected chi connectivity index (χ0v) is 12.3. The molecule has 0 N–H and O–H groups in total. The number of rotatable bonds is 7. The van der Waals surface area contributed by atoms with Gasteiger partial charge in [-0.3, -0.25) is 4.79 Å². The molecule has 0 heterocycles. The molecule has 0 aromatic heterocycles.